The summed E-state index contributed by atoms with van der Waals surface area (Å²) in [6, 6.07) is 13.6. The van der Waals surface area contributed by atoms with Gasteiger partial charge in [-0.25, -0.2) is 0 Å². The maximum absolute atomic E-state index is 12.6. The van der Waals surface area contributed by atoms with Crippen LogP contribution in [0.15, 0.2) is 42.5 Å². The zero-order valence-corrected chi connectivity index (χ0v) is 17.5. The van der Waals surface area contributed by atoms with E-state index in [1.165, 1.54) is 18.4 Å². The van der Waals surface area contributed by atoms with Crippen molar-refractivity contribution in [2.45, 2.75) is 49.6 Å². The Morgan fingerprint density at radius 2 is 1.90 bits per heavy atom. The zero-order chi connectivity index (χ0) is 20.4. The quantitative estimate of drug-likeness (QED) is 0.483. The van der Waals surface area contributed by atoms with E-state index in [2.05, 4.69) is 11.0 Å². The molecule has 0 radical (unpaired) electrons. The number of aryl methyl sites for hydroxylation is 1. The van der Waals surface area contributed by atoms with Crippen LogP contribution in [0.5, 0.6) is 5.75 Å². The van der Waals surface area contributed by atoms with Crippen molar-refractivity contribution in [2.75, 3.05) is 13.1 Å². The van der Waals surface area contributed by atoms with Gasteiger partial charge in [-0.1, -0.05) is 29.8 Å². The summed E-state index contributed by atoms with van der Waals surface area (Å²) in [4.78, 5) is 2.55. The van der Waals surface area contributed by atoms with Crippen LogP contribution >= 0.6 is 23.6 Å². The van der Waals surface area contributed by atoms with E-state index in [0.29, 0.717) is 11.1 Å². The Kier molecular flexibility index (Phi) is 6.32. The van der Waals surface area contributed by atoms with Gasteiger partial charge in [-0.05, 0) is 86.1 Å². The topological polar surface area (TPSA) is 12.5 Å². The van der Waals surface area contributed by atoms with Crippen LogP contribution in [0.25, 0.3) is 0 Å². The van der Waals surface area contributed by atoms with Gasteiger partial charge in [0.05, 0.1) is 0 Å². The fourth-order valence-corrected chi connectivity index (χ4v) is 5.19. The molecule has 1 fully saturated rings. The summed E-state index contributed by atoms with van der Waals surface area (Å²) in [5.41, 5.74) is -0.963. The van der Waals surface area contributed by atoms with Crippen molar-refractivity contribution in [3.05, 3.63) is 64.2 Å². The molecule has 2 unspecified atom stereocenters. The number of rotatable bonds is 5. The molecule has 0 spiro atoms. The second-order valence-corrected chi connectivity index (χ2v) is 9.00. The van der Waals surface area contributed by atoms with E-state index in [1.54, 1.807) is 6.07 Å². The molecule has 1 heterocycles. The molecule has 2 aliphatic rings. The molecule has 0 saturated carbocycles. The predicted octanol–water partition coefficient (Wildman–Crippen LogP) is 6.62. The van der Waals surface area contributed by atoms with Gasteiger partial charge in [0.2, 0.25) is 0 Å². The molecule has 0 amide bonds. The third-order valence-electron chi connectivity index (χ3n) is 5.88. The van der Waals surface area contributed by atoms with Crippen LogP contribution in [0.1, 0.15) is 41.9 Å². The fourth-order valence-electron chi connectivity index (χ4n) is 4.68. The molecule has 29 heavy (non-hydrogen) atoms. The molecule has 1 aliphatic carbocycles. The minimum Gasteiger partial charge on any atom is -0.417 e. The number of benzene rings is 2. The maximum atomic E-state index is 12.6. The summed E-state index contributed by atoms with van der Waals surface area (Å²) in [5, 5.41) is 0.704. The third-order valence-corrected chi connectivity index (χ3v) is 6.58. The summed E-state index contributed by atoms with van der Waals surface area (Å²) in [7, 11) is 0. The average Bonchev–Trinajstić information content (AvgIpc) is 3.20. The largest absolute Gasteiger partial charge is 0.479 e. The molecule has 2 atom stereocenters. The van der Waals surface area contributed by atoms with Crippen molar-refractivity contribution in [1.82, 2.24) is 4.90 Å². The SMILES string of the molecule is FC(F)(F)SOc1ccc2c(c1)C(Cc1cccc(Cl)c1)C(N1CCCC1)CC2. The molecule has 2 nitrogen and oxygen atoms in total. The Balaban J connectivity index is 1.65. The number of halogens is 4. The summed E-state index contributed by atoms with van der Waals surface area (Å²) in [6.45, 7) is 2.18. The van der Waals surface area contributed by atoms with Gasteiger partial charge in [0, 0.05) is 17.0 Å². The van der Waals surface area contributed by atoms with Crippen molar-refractivity contribution in [2.24, 2.45) is 0 Å². The first-order valence-electron chi connectivity index (χ1n) is 9.93. The van der Waals surface area contributed by atoms with E-state index < -0.39 is 17.6 Å². The van der Waals surface area contributed by atoms with Crippen LogP contribution in [-0.4, -0.2) is 29.5 Å². The molecule has 4 rings (SSSR count). The molecule has 0 N–H and O–H groups in total. The highest BCUT2D eigenvalue weighted by Gasteiger charge is 2.36. The van der Waals surface area contributed by atoms with Gasteiger partial charge in [-0.15, -0.1) is 0 Å². The minimum atomic E-state index is -4.42. The lowest BCUT2D eigenvalue weighted by molar-refractivity contribution is -0.0369. The van der Waals surface area contributed by atoms with Crippen molar-refractivity contribution >= 4 is 23.6 Å². The second kappa shape index (κ2) is 8.78. The molecule has 0 aromatic heterocycles. The molecule has 1 aliphatic heterocycles. The highest BCUT2D eigenvalue weighted by Crippen LogP contribution is 2.41. The fraction of sp³-hybridized carbons (Fsp3) is 0.455. The molecule has 2 aromatic rings. The van der Waals surface area contributed by atoms with E-state index >= 15 is 0 Å². The smallest absolute Gasteiger partial charge is 0.417 e. The molecule has 156 valence electrons. The van der Waals surface area contributed by atoms with E-state index in [-0.39, 0.29) is 11.7 Å². The number of nitrogens with zero attached hydrogens (tertiary/aromatic N) is 1. The molecular formula is C22H23ClF3NOS. The lowest BCUT2D eigenvalue weighted by Gasteiger charge is -2.39. The Bertz CT molecular complexity index is 854. The van der Waals surface area contributed by atoms with Crippen LogP contribution in [-0.2, 0) is 12.8 Å². The van der Waals surface area contributed by atoms with E-state index in [0.717, 1.165) is 43.5 Å². The van der Waals surface area contributed by atoms with Gasteiger partial charge in [-0.3, -0.25) is 4.90 Å². The molecule has 7 heteroatoms. The first-order chi connectivity index (χ1) is 13.9. The number of likely N-dealkylation sites (tertiary alicyclic amines) is 1. The zero-order valence-electron chi connectivity index (χ0n) is 15.9. The van der Waals surface area contributed by atoms with Crippen molar-refractivity contribution in [3.8, 4) is 5.75 Å². The average molecular weight is 442 g/mol. The van der Waals surface area contributed by atoms with Crippen molar-refractivity contribution in [1.29, 1.82) is 0 Å². The van der Waals surface area contributed by atoms with E-state index in [9.17, 15) is 13.2 Å². The van der Waals surface area contributed by atoms with Crippen LogP contribution < -0.4 is 4.18 Å². The van der Waals surface area contributed by atoms with Gasteiger partial charge < -0.3 is 4.18 Å². The summed E-state index contributed by atoms with van der Waals surface area (Å²) >= 11 is 5.74. The Hall–Kier alpha value is -1.37. The number of fused-ring (bicyclic) bond motifs is 1. The Morgan fingerprint density at radius 3 is 2.62 bits per heavy atom. The van der Waals surface area contributed by atoms with Crippen LogP contribution in [0.4, 0.5) is 13.2 Å². The third kappa shape index (κ3) is 5.22. The molecule has 2 aromatic carbocycles. The Labute approximate surface area is 178 Å². The van der Waals surface area contributed by atoms with Gasteiger partial charge >= 0.3 is 5.51 Å². The standard InChI is InChI=1S/C22H23ClF3NOS/c23-17-5-3-4-15(12-17)13-20-19-14-18(28-29-22(24,25)26)8-6-16(19)7-9-21(20)27-10-1-2-11-27/h3-6,8,12,14,20-21H,1-2,7,9-11,13H2. The van der Waals surface area contributed by atoms with Crippen LogP contribution in [0.3, 0.4) is 0 Å². The highest BCUT2D eigenvalue weighted by atomic mass is 35.5. The van der Waals surface area contributed by atoms with Crippen LogP contribution in [0, 0.1) is 0 Å². The van der Waals surface area contributed by atoms with E-state index in [4.69, 9.17) is 15.8 Å². The highest BCUT2D eigenvalue weighted by molar-refractivity contribution is 7.95. The van der Waals surface area contributed by atoms with Gasteiger partial charge in [0.1, 0.15) is 5.75 Å². The predicted molar refractivity (Wildman–Crippen MR) is 112 cm³/mol. The minimum absolute atomic E-state index is 0.203. The first kappa shape index (κ1) is 20.9. The van der Waals surface area contributed by atoms with E-state index in [1.807, 2.05) is 30.3 Å². The maximum Gasteiger partial charge on any atom is 0.479 e. The van der Waals surface area contributed by atoms with Crippen LogP contribution in [0.2, 0.25) is 5.02 Å². The monoisotopic (exact) mass is 441 g/mol. The molecule has 0 bridgehead atoms. The second-order valence-electron chi connectivity index (χ2n) is 7.76. The number of alkyl halides is 3. The van der Waals surface area contributed by atoms with Crippen molar-refractivity contribution < 1.29 is 17.4 Å². The summed E-state index contributed by atoms with van der Waals surface area (Å²) in [6.07, 6.45) is 5.23. The first-order valence-corrected chi connectivity index (χ1v) is 11.0. The lowest BCUT2D eigenvalue weighted by Crippen LogP contribution is -2.41. The Morgan fingerprint density at radius 1 is 1.10 bits per heavy atom. The normalized spacial score (nSPS) is 22.5. The van der Waals surface area contributed by atoms with Crippen molar-refractivity contribution in [3.63, 3.8) is 0 Å². The van der Waals surface area contributed by atoms with Gasteiger partial charge in [0.15, 0.2) is 12.0 Å². The lowest BCUT2D eigenvalue weighted by atomic mass is 9.75. The number of hydrogen-bond acceptors (Lipinski definition) is 3. The van der Waals surface area contributed by atoms with Gasteiger partial charge in [-0.2, -0.15) is 13.2 Å². The summed E-state index contributed by atoms with van der Waals surface area (Å²) < 4.78 is 42.7. The van der Waals surface area contributed by atoms with Gasteiger partial charge in [0.25, 0.3) is 0 Å². The molecular weight excluding hydrogens is 419 g/mol. The summed E-state index contributed by atoms with van der Waals surface area (Å²) in [5.74, 6) is 0.457. The number of hydrogen-bond donors (Lipinski definition) is 0. The molecule has 1 saturated heterocycles.